The number of aromatic hydroxyl groups is 2. The van der Waals surface area contributed by atoms with Crippen molar-refractivity contribution in [3.8, 4) is 11.8 Å². The first-order chi connectivity index (χ1) is 19.0. The number of pyridine rings is 1. The highest BCUT2D eigenvalue weighted by atomic mass is 19.1. The maximum Gasteiger partial charge on any atom is 0.434 e. The summed E-state index contributed by atoms with van der Waals surface area (Å²) in [6.45, 7) is 3.45. The highest BCUT2D eigenvalue weighted by Gasteiger charge is 2.21. The third kappa shape index (κ3) is 5.21. The fraction of sp³-hybridized carbons (Fsp3) is 0.222. The molecule has 1 aliphatic rings. The Hall–Kier alpha value is -5.00. The zero-order chi connectivity index (χ0) is 26.8. The van der Waals surface area contributed by atoms with Crippen LogP contribution in [0.25, 0.3) is 11.7 Å². The molecular weight excluding hydrogens is 501 g/mol. The molecule has 1 saturated heterocycles. The maximum absolute atomic E-state index is 13.6. The number of rotatable bonds is 6. The fourth-order valence-corrected chi connectivity index (χ4v) is 4.65. The summed E-state index contributed by atoms with van der Waals surface area (Å²) in [5.74, 6) is 0.876. The van der Waals surface area contributed by atoms with Crippen LogP contribution in [-0.2, 0) is 6.42 Å². The second kappa shape index (κ2) is 10.4. The van der Waals surface area contributed by atoms with E-state index in [4.69, 9.17) is 9.97 Å². The highest BCUT2D eigenvalue weighted by molar-refractivity contribution is 5.61. The quantitative estimate of drug-likeness (QED) is 0.239. The topological polar surface area (TPSA) is 130 Å². The number of anilines is 2. The van der Waals surface area contributed by atoms with Crippen LogP contribution in [0.15, 0.2) is 60.9 Å². The first-order valence-corrected chi connectivity index (χ1v) is 12.6. The van der Waals surface area contributed by atoms with Crippen molar-refractivity contribution in [3.05, 3.63) is 88.7 Å². The summed E-state index contributed by atoms with van der Waals surface area (Å²) >= 11 is 0. The highest BCUT2D eigenvalue weighted by Crippen LogP contribution is 2.22. The predicted molar refractivity (Wildman–Crippen MR) is 144 cm³/mol. The van der Waals surface area contributed by atoms with Gasteiger partial charge in [0.05, 0.1) is 37.6 Å². The molecule has 1 aliphatic heterocycles. The zero-order valence-electron chi connectivity index (χ0n) is 21.0. The lowest BCUT2D eigenvalue weighted by molar-refractivity contribution is 0.425. The molecule has 198 valence electrons. The molecular formula is C27H27FN9O2+. The number of fused-ring (bicyclic) bond motifs is 1. The van der Waals surface area contributed by atoms with Gasteiger partial charge < -0.3 is 20.4 Å². The number of nitrogens with zero attached hydrogens (tertiary/aromatic N) is 7. The first kappa shape index (κ1) is 24.3. The molecule has 39 heavy (non-hydrogen) atoms. The Morgan fingerprint density at radius 2 is 1.95 bits per heavy atom. The number of halogens is 1. The van der Waals surface area contributed by atoms with Crippen molar-refractivity contribution < 1.29 is 14.6 Å². The molecule has 6 rings (SSSR count). The lowest BCUT2D eigenvalue weighted by Crippen LogP contribution is -2.50. The molecule has 12 heteroatoms. The van der Waals surface area contributed by atoms with Gasteiger partial charge in [0.1, 0.15) is 11.6 Å². The van der Waals surface area contributed by atoms with E-state index < -0.39 is 0 Å². The van der Waals surface area contributed by atoms with Gasteiger partial charge in [-0.05, 0) is 52.3 Å². The Labute approximate surface area is 222 Å². The molecule has 0 bridgehead atoms. The second-order valence-electron chi connectivity index (χ2n) is 9.25. The Balaban J connectivity index is 1.36. The number of aromatic nitrogens is 6. The van der Waals surface area contributed by atoms with Gasteiger partial charge in [0.15, 0.2) is 11.8 Å². The van der Waals surface area contributed by atoms with Crippen LogP contribution in [0.3, 0.4) is 0 Å². The van der Waals surface area contributed by atoms with E-state index >= 15 is 0 Å². The second-order valence-corrected chi connectivity index (χ2v) is 9.25. The largest absolute Gasteiger partial charge is 0.494 e. The molecule has 0 atom stereocenters. The standard InChI is InChI=1S/C27H26FN9O2/c28-21-5-3-4-18(14-21)7-9-30-26-34-27(36-12-10-35(11-13-36)22-6-1-2-8-29-22)33-24-20(17-31-37(24)26)15-19-16-23(38)32-25(19)39/h1-6,8,14-17H,7,9-13H2,(H3,30,31,32,33,34,38,39)/p+1. The number of benzene rings is 1. The average Bonchev–Trinajstić information content (AvgIpc) is 3.50. The van der Waals surface area contributed by atoms with E-state index in [9.17, 15) is 14.6 Å². The fourth-order valence-electron chi connectivity index (χ4n) is 4.65. The van der Waals surface area contributed by atoms with Gasteiger partial charge >= 0.3 is 11.6 Å². The van der Waals surface area contributed by atoms with Gasteiger partial charge in [-0.15, -0.1) is 0 Å². The number of hydrogen-bond donors (Lipinski definition) is 4. The van der Waals surface area contributed by atoms with E-state index in [1.54, 1.807) is 29.1 Å². The van der Waals surface area contributed by atoms with Crippen molar-refractivity contribution in [1.82, 2.24) is 34.1 Å². The molecule has 0 unspecified atom stereocenters. The molecule has 11 nitrogen and oxygen atoms in total. The predicted octanol–water partition coefficient (Wildman–Crippen LogP) is 0.892. The van der Waals surface area contributed by atoms with Gasteiger partial charge in [-0.3, -0.25) is 9.56 Å². The molecule has 0 spiro atoms. The van der Waals surface area contributed by atoms with Gasteiger partial charge in [0.25, 0.3) is 0 Å². The van der Waals surface area contributed by atoms with E-state index in [-0.39, 0.29) is 17.6 Å². The summed E-state index contributed by atoms with van der Waals surface area (Å²) in [5.41, 5.74) is 2.37. The van der Waals surface area contributed by atoms with Gasteiger partial charge in [-0.2, -0.15) is 9.61 Å². The summed E-state index contributed by atoms with van der Waals surface area (Å²) < 4.78 is 17.3. The van der Waals surface area contributed by atoms with E-state index in [0.717, 1.165) is 24.5 Å². The molecule has 1 aromatic carbocycles. The molecule has 1 fully saturated rings. The minimum Gasteiger partial charge on any atom is -0.494 e. The third-order valence-electron chi connectivity index (χ3n) is 6.63. The molecule has 0 radical (unpaired) electrons. The normalized spacial score (nSPS) is 14.3. The Morgan fingerprint density at radius 1 is 1.08 bits per heavy atom. The maximum atomic E-state index is 13.6. The Bertz CT molecular complexity index is 1740. The lowest BCUT2D eigenvalue weighted by Gasteiger charge is -2.28. The Kier molecular flexibility index (Phi) is 6.49. The number of hydrogen-bond acceptors (Lipinski definition) is 8. The average molecular weight is 529 g/mol. The van der Waals surface area contributed by atoms with Gasteiger partial charge in [-0.1, -0.05) is 18.2 Å². The molecule has 0 saturated carbocycles. The van der Waals surface area contributed by atoms with Crippen molar-refractivity contribution >= 4 is 23.5 Å². The van der Waals surface area contributed by atoms with Crippen LogP contribution in [0.2, 0.25) is 0 Å². The van der Waals surface area contributed by atoms with Gasteiger partial charge in [0.2, 0.25) is 5.65 Å². The lowest BCUT2D eigenvalue weighted by atomic mass is 10.1. The molecule has 4 N–H and O–H groups in total. The van der Waals surface area contributed by atoms with Gasteiger partial charge in [0, 0.05) is 24.4 Å². The van der Waals surface area contributed by atoms with Crippen LogP contribution in [0.5, 0.6) is 11.8 Å². The van der Waals surface area contributed by atoms with Crippen molar-refractivity contribution in [3.63, 3.8) is 0 Å². The van der Waals surface area contributed by atoms with Crippen LogP contribution in [0, 0.1) is 5.82 Å². The molecule has 5 aromatic rings. The van der Waals surface area contributed by atoms with Gasteiger partial charge in [-0.25, -0.2) is 9.37 Å². The minimum atomic E-state index is -0.268. The number of H-pyrrole nitrogens is 1. The van der Waals surface area contributed by atoms with E-state index in [1.165, 1.54) is 18.2 Å². The van der Waals surface area contributed by atoms with Crippen LogP contribution in [0.1, 0.15) is 11.1 Å². The molecule has 0 aliphatic carbocycles. The van der Waals surface area contributed by atoms with Crippen molar-refractivity contribution in [2.24, 2.45) is 0 Å². The third-order valence-corrected chi connectivity index (χ3v) is 6.63. The van der Waals surface area contributed by atoms with Crippen LogP contribution >= 0.6 is 0 Å². The number of nitrogens with one attached hydrogen (secondary N) is 2. The smallest absolute Gasteiger partial charge is 0.434 e. The summed E-state index contributed by atoms with van der Waals surface area (Å²) in [6.07, 6.45) is 5.71. The number of aromatic amines is 1. The summed E-state index contributed by atoms with van der Waals surface area (Å²) in [4.78, 5) is 18.8. The van der Waals surface area contributed by atoms with Crippen LogP contribution < -0.4 is 25.6 Å². The van der Waals surface area contributed by atoms with Crippen molar-refractivity contribution in [2.75, 3.05) is 42.9 Å². The minimum absolute atomic E-state index is 0.143. The van der Waals surface area contributed by atoms with Crippen LogP contribution in [-0.4, -0.2) is 72.5 Å². The van der Waals surface area contributed by atoms with Crippen LogP contribution in [0.4, 0.5) is 16.2 Å². The Morgan fingerprint density at radius 3 is 2.69 bits per heavy atom. The number of piperazine rings is 1. The van der Waals surface area contributed by atoms with E-state index in [2.05, 4.69) is 29.9 Å². The summed E-state index contributed by atoms with van der Waals surface area (Å²) in [7, 11) is 0. The van der Waals surface area contributed by atoms with E-state index in [1.807, 2.05) is 24.3 Å². The molecule has 5 heterocycles. The monoisotopic (exact) mass is 528 g/mol. The molecule has 0 amide bonds. The van der Waals surface area contributed by atoms with E-state index in [0.29, 0.717) is 54.1 Å². The SMILES string of the molecule is Oc1cc(C=c2cnn3c(NCCc4cccc(F)c4)nc(=[N+]4CCN(c5ccccn5)CC4)nc23)c(O)[nH]1. The summed E-state index contributed by atoms with van der Waals surface area (Å²) in [6, 6.07) is 13.8. The van der Waals surface area contributed by atoms with Crippen molar-refractivity contribution in [2.45, 2.75) is 6.42 Å². The first-order valence-electron chi connectivity index (χ1n) is 12.6. The molecule has 4 aromatic heterocycles. The zero-order valence-corrected chi connectivity index (χ0v) is 21.0. The summed E-state index contributed by atoms with van der Waals surface area (Å²) in [5, 5.41) is 28.3. The van der Waals surface area contributed by atoms with Crippen molar-refractivity contribution in [1.29, 1.82) is 0 Å².